The number of carboxylic acid groups (broad SMARTS) is 1. The Labute approximate surface area is 91.7 Å². The number of halogens is 1. The van der Waals surface area contributed by atoms with E-state index in [1.165, 1.54) is 6.07 Å². The van der Waals surface area contributed by atoms with Gasteiger partial charge in [0.05, 0.1) is 5.56 Å². The Balaban J connectivity index is 2.77. The van der Waals surface area contributed by atoms with E-state index in [0.29, 0.717) is 4.47 Å². The molecule has 2 N–H and O–H groups in total. The average molecular weight is 273 g/mol. The van der Waals surface area contributed by atoms with Gasteiger partial charge < -0.3 is 10.2 Å². The van der Waals surface area contributed by atoms with Gasteiger partial charge in [0.2, 0.25) is 0 Å². The maximum Gasteiger partial charge on any atom is 0.335 e. The number of hydrogen-bond acceptors (Lipinski definition) is 3. The van der Waals surface area contributed by atoms with Crippen molar-refractivity contribution in [1.82, 2.24) is 0 Å². The summed E-state index contributed by atoms with van der Waals surface area (Å²) in [5.41, 5.74) is 0.214. The number of aromatic carboxylic acids is 1. The van der Waals surface area contributed by atoms with Crippen LogP contribution in [0.15, 0.2) is 22.7 Å². The Morgan fingerprint density at radius 1 is 1.36 bits per heavy atom. The largest absolute Gasteiger partial charge is 0.499 e. The van der Waals surface area contributed by atoms with E-state index in [1.54, 1.807) is 12.1 Å². The molecule has 1 aromatic carbocycles. The van der Waals surface area contributed by atoms with Crippen LogP contribution in [0.5, 0.6) is 5.06 Å². The van der Waals surface area contributed by atoms with Gasteiger partial charge in [-0.1, -0.05) is 27.3 Å². The van der Waals surface area contributed by atoms with E-state index in [4.69, 9.17) is 5.11 Å². The second kappa shape index (κ2) is 3.25. The van der Waals surface area contributed by atoms with E-state index in [9.17, 15) is 9.90 Å². The molecule has 14 heavy (non-hydrogen) atoms. The summed E-state index contributed by atoms with van der Waals surface area (Å²) in [4.78, 5) is 10.7. The van der Waals surface area contributed by atoms with Crippen LogP contribution < -0.4 is 0 Å². The number of hydrogen-bond donors (Lipinski definition) is 2. The van der Waals surface area contributed by atoms with E-state index in [0.717, 1.165) is 21.4 Å². The highest BCUT2D eigenvalue weighted by molar-refractivity contribution is 9.10. The van der Waals surface area contributed by atoms with Gasteiger partial charge in [0.15, 0.2) is 5.06 Å². The van der Waals surface area contributed by atoms with Crippen LogP contribution in [0.25, 0.3) is 10.1 Å². The van der Waals surface area contributed by atoms with Crippen molar-refractivity contribution >= 4 is 43.3 Å². The minimum Gasteiger partial charge on any atom is -0.499 e. The lowest BCUT2D eigenvalue weighted by Gasteiger charge is -1.97. The Morgan fingerprint density at radius 2 is 2.07 bits per heavy atom. The molecule has 1 aromatic heterocycles. The number of aromatic hydroxyl groups is 1. The van der Waals surface area contributed by atoms with Gasteiger partial charge in [-0.05, 0) is 12.1 Å². The Bertz CT molecular complexity index is 518. The summed E-state index contributed by atoms with van der Waals surface area (Å²) in [7, 11) is 0. The number of benzene rings is 1. The highest BCUT2D eigenvalue weighted by atomic mass is 79.9. The molecule has 0 radical (unpaired) electrons. The lowest BCUT2D eigenvalue weighted by molar-refractivity contribution is 0.0697. The fourth-order valence-corrected chi connectivity index (χ4v) is 2.78. The summed E-state index contributed by atoms with van der Waals surface area (Å²) in [5.74, 6) is -0.972. The third kappa shape index (κ3) is 1.49. The third-order valence-corrected chi connectivity index (χ3v) is 3.36. The predicted octanol–water partition coefficient (Wildman–Crippen LogP) is 3.07. The first-order chi connectivity index (χ1) is 6.58. The SMILES string of the molecule is O=C(O)c1cc(Br)c2cc(O)sc2c1. The van der Waals surface area contributed by atoms with Crippen molar-refractivity contribution in [3.05, 3.63) is 28.2 Å². The van der Waals surface area contributed by atoms with Crippen molar-refractivity contribution in [3.63, 3.8) is 0 Å². The maximum absolute atomic E-state index is 10.7. The van der Waals surface area contributed by atoms with Crippen LogP contribution in [0.4, 0.5) is 0 Å². The lowest BCUT2D eigenvalue weighted by atomic mass is 10.2. The molecule has 0 bridgehead atoms. The van der Waals surface area contributed by atoms with Crippen molar-refractivity contribution in [2.75, 3.05) is 0 Å². The molecule has 0 unspecified atom stereocenters. The van der Waals surface area contributed by atoms with Gasteiger partial charge in [-0.3, -0.25) is 0 Å². The number of rotatable bonds is 1. The molecule has 72 valence electrons. The van der Waals surface area contributed by atoms with Gasteiger partial charge in [0.25, 0.3) is 0 Å². The second-order valence-electron chi connectivity index (χ2n) is 2.76. The zero-order valence-electron chi connectivity index (χ0n) is 6.82. The number of carbonyl (C=O) groups is 1. The lowest BCUT2D eigenvalue weighted by Crippen LogP contribution is -1.95. The van der Waals surface area contributed by atoms with Crippen molar-refractivity contribution in [3.8, 4) is 5.06 Å². The fraction of sp³-hybridized carbons (Fsp3) is 0. The molecule has 2 rings (SSSR count). The second-order valence-corrected chi connectivity index (χ2v) is 4.68. The first-order valence-electron chi connectivity index (χ1n) is 3.73. The highest BCUT2D eigenvalue weighted by Crippen LogP contribution is 2.36. The quantitative estimate of drug-likeness (QED) is 0.839. The predicted molar refractivity (Wildman–Crippen MR) is 58.1 cm³/mol. The van der Waals surface area contributed by atoms with Gasteiger partial charge in [0, 0.05) is 20.6 Å². The van der Waals surface area contributed by atoms with E-state index in [1.807, 2.05) is 0 Å². The third-order valence-electron chi connectivity index (χ3n) is 1.82. The molecule has 0 aliphatic heterocycles. The first kappa shape index (κ1) is 9.48. The maximum atomic E-state index is 10.7. The molecule has 0 aliphatic rings. The minimum atomic E-state index is -0.972. The Kier molecular flexibility index (Phi) is 2.20. The zero-order chi connectivity index (χ0) is 10.3. The topological polar surface area (TPSA) is 57.5 Å². The van der Waals surface area contributed by atoms with Gasteiger partial charge in [0.1, 0.15) is 0 Å². The van der Waals surface area contributed by atoms with Crippen molar-refractivity contribution in [2.45, 2.75) is 0 Å². The Morgan fingerprint density at radius 3 is 2.71 bits per heavy atom. The van der Waals surface area contributed by atoms with Crippen LogP contribution in [0, 0.1) is 0 Å². The molecule has 0 saturated carbocycles. The van der Waals surface area contributed by atoms with E-state index < -0.39 is 5.97 Å². The molecule has 0 aliphatic carbocycles. The van der Waals surface area contributed by atoms with Crippen LogP contribution in [0.2, 0.25) is 0 Å². The van der Waals surface area contributed by atoms with Gasteiger partial charge in [-0.15, -0.1) is 0 Å². The van der Waals surface area contributed by atoms with Crippen LogP contribution in [0.3, 0.4) is 0 Å². The van der Waals surface area contributed by atoms with Crippen molar-refractivity contribution < 1.29 is 15.0 Å². The Hall–Kier alpha value is -1.07. The zero-order valence-corrected chi connectivity index (χ0v) is 9.22. The van der Waals surface area contributed by atoms with Crippen LogP contribution in [0.1, 0.15) is 10.4 Å². The van der Waals surface area contributed by atoms with Gasteiger partial charge in [-0.25, -0.2) is 4.79 Å². The molecule has 0 spiro atoms. The van der Waals surface area contributed by atoms with E-state index >= 15 is 0 Å². The average Bonchev–Trinajstić information content (AvgIpc) is 2.45. The molecule has 0 atom stereocenters. The summed E-state index contributed by atoms with van der Waals surface area (Å²) in [6, 6.07) is 4.68. The van der Waals surface area contributed by atoms with Crippen LogP contribution in [-0.4, -0.2) is 16.2 Å². The van der Waals surface area contributed by atoms with E-state index in [-0.39, 0.29) is 10.6 Å². The fourth-order valence-electron chi connectivity index (χ4n) is 1.21. The molecule has 0 amide bonds. The van der Waals surface area contributed by atoms with Crippen molar-refractivity contribution in [2.24, 2.45) is 0 Å². The number of carboxylic acids is 1. The molecule has 5 heteroatoms. The van der Waals surface area contributed by atoms with E-state index in [2.05, 4.69) is 15.9 Å². The smallest absolute Gasteiger partial charge is 0.335 e. The summed E-state index contributed by atoms with van der Waals surface area (Å²) in [6.07, 6.45) is 0. The summed E-state index contributed by atoms with van der Waals surface area (Å²) in [6.45, 7) is 0. The molecular formula is C9H5BrO3S. The molecule has 2 aromatic rings. The number of fused-ring (bicyclic) bond motifs is 1. The summed E-state index contributed by atoms with van der Waals surface area (Å²) >= 11 is 4.42. The molecular weight excluding hydrogens is 268 g/mol. The summed E-state index contributed by atoms with van der Waals surface area (Å²) < 4.78 is 1.44. The first-order valence-corrected chi connectivity index (χ1v) is 5.34. The normalized spacial score (nSPS) is 10.6. The number of thiophene rings is 1. The highest BCUT2D eigenvalue weighted by Gasteiger charge is 2.10. The molecule has 0 saturated heterocycles. The monoisotopic (exact) mass is 272 g/mol. The van der Waals surface area contributed by atoms with Gasteiger partial charge in [-0.2, -0.15) is 0 Å². The molecule has 0 fully saturated rings. The molecule has 1 heterocycles. The van der Waals surface area contributed by atoms with Crippen LogP contribution in [-0.2, 0) is 0 Å². The minimum absolute atomic E-state index is 0.184. The van der Waals surface area contributed by atoms with Gasteiger partial charge >= 0.3 is 5.97 Å². The molecule has 3 nitrogen and oxygen atoms in total. The summed E-state index contributed by atoms with van der Waals surface area (Å²) in [5, 5.41) is 19.1. The standard InChI is InChI=1S/C9H5BrO3S/c10-6-1-4(9(12)13)2-7-5(6)3-8(11)14-7/h1-3,11H,(H,12,13). The van der Waals surface area contributed by atoms with Crippen LogP contribution >= 0.6 is 27.3 Å². The van der Waals surface area contributed by atoms with Crippen molar-refractivity contribution in [1.29, 1.82) is 0 Å².